The summed E-state index contributed by atoms with van der Waals surface area (Å²) in [5, 5.41) is 9.14. The van der Waals surface area contributed by atoms with Gasteiger partial charge in [0.25, 0.3) is 0 Å². The van der Waals surface area contributed by atoms with Gasteiger partial charge in [-0.05, 0) is 44.4 Å². The third kappa shape index (κ3) is 1.82. The molecule has 1 aromatic carbocycles. The molecule has 2 nitrogen and oxygen atoms in total. The van der Waals surface area contributed by atoms with E-state index in [0.717, 1.165) is 23.4 Å². The van der Waals surface area contributed by atoms with Crippen LogP contribution >= 0.6 is 0 Å². The lowest BCUT2D eigenvalue weighted by atomic mass is 10.1. The lowest BCUT2D eigenvalue weighted by molar-refractivity contribution is 0.925. The fraction of sp³-hybridized carbons (Fsp3) is 0.312. The summed E-state index contributed by atoms with van der Waals surface area (Å²) in [6.07, 6.45) is 0.996. The Bertz CT molecular complexity index is 627. The van der Waals surface area contributed by atoms with Crippen LogP contribution in [0.2, 0.25) is 0 Å². The molecule has 0 aliphatic carbocycles. The molecule has 2 heteroatoms. The molecule has 0 N–H and O–H groups in total. The molecule has 0 aliphatic heterocycles. The quantitative estimate of drug-likeness (QED) is 0.781. The zero-order chi connectivity index (χ0) is 13.3. The topological polar surface area (TPSA) is 28.7 Å². The Hall–Kier alpha value is -2.01. The van der Waals surface area contributed by atoms with Crippen molar-refractivity contribution in [3.8, 4) is 11.8 Å². The zero-order valence-electron chi connectivity index (χ0n) is 11.4. The van der Waals surface area contributed by atoms with Gasteiger partial charge in [-0.2, -0.15) is 5.26 Å². The average Bonchev–Trinajstić information content (AvgIpc) is 2.64. The second kappa shape index (κ2) is 4.70. The summed E-state index contributed by atoms with van der Waals surface area (Å²) in [5.41, 5.74) is 6.71. The molecule has 2 rings (SSSR count). The fourth-order valence-electron chi connectivity index (χ4n) is 2.55. The van der Waals surface area contributed by atoms with Gasteiger partial charge in [0.05, 0.1) is 11.3 Å². The van der Waals surface area contributed by atoms with Crippen molar-refractivity contribution < 1.29 is 0 Å². The molecule has 2 aromatic rings. The van der Waals surface area contributed by atoms with Crippen molar-refractivity contribution >= 4 is 0 Å². The van der Waals surface area contributed by atoms with Gasteiger partial charge in [0.2, 0.25) is 0 Å². The Morgan fingerprint density at radius 3 is 2.50 bits per heavy atom. The predicted molar refractivity (Wildman–Crippen MR) is 74.1 cm³/mol. The number of nitrogens with zero attached hydrogens (tertiary/aromatic N) is 2. The van der Waals surface area contributed by atoms with Gasteiger partial charge in [-0.1, -0.05) is 25.1 Å². The third-order valence-electron chi connectivity index (χ3n) is 3.48. The van der Waals surface area contributed by atoms with Gasteiger partial charge in [-0.25, -0.2) is 0 Å². The van der Waals surface area contributed by atoms with Gasteiger partial charge in [-0.15, -0.1) is 0 Å². The van der Waals surface area contributed by atoms with Crippen molar-refractivity contribution in [2.45, 2.75) is 34.1 Å². The molecule has 1 aromatic heterocycles. The highest BCUT2D eigenvalue weighted by atomic mass is 15.0. The fourth-order valence-corrected chi connectivity index (χ4v) is 2.55. The van der Waals surface area contributed by atoms with E-state index < -0.39 is 0 Å². The van der Waals surface area contributed by atoms with Crippen LogP contribution < -0.4 is 0 Å². The van der Waals surface area contributed by atoms with Gasteiger partial charge in [0.15, 0.2) is 0 Å². The van der Waals surface area contributed by atoms with Crippen LogP contribution in [-0.2, 0) is 6.42 Å². The van der Waals surface area contributed by atoms with Crippen LogP contribution in [-0.4, -0.2) is 4.57 Å². The van der Waals surface area contributed by atoms with Crippen molar-refractivity contribution in [3.63, 3.8) is 0 Å². The van der Waals surface area contributed by atoms with E-state index in [2.05, 4.69) is 49.6 Å². The van der Waals surface area contributed by atoms with Crippen LogP contribution in [0.5, 0.6) is 0 Å². The summed E-state index contributed by atoms with van der Waals surface area (Å²) >= 11 is 0. The van der Waals surface area contributed by atoms with Crippen LogP contribution in [0.4, 0.5) is 0 Å². The second-order valence-corrected chi connectivity index (χ2v) is 4.67. The number of hydrogen-bond donors (Lipinski definition) is 0. The first-order chi connectivity index (χ1) is 8.60. The molecular formula is C16H18N2. The Balaban J connectivity index is 2.78. The molecule has 0 spiro atoms. The minimum atomic E-state index is 0.762. The van der Waals surface area contributed by atoms with Crippen LogP contribution in [0.1, 0.15) is 35.0 Å². The van der Waals surface area contributed by atoms with E-state index in [-0.39, 0.29) is 0 Å². The average molecular weight is 238 g/mol. The number of benzene rings is 1. The summed E-state index contributed by atoms with van der Waals surface area (Å²) in [6.45, 7) is 8.36. The molecule has 18 heavy (non-hydrogen) atoms. The maximum absolute atomic E-state index is 9.14. The highest BCUT2D eigenvalue weighted by Crippen LogP contribution is 2.26. The van der Waals surface area contributed by atoms with E-state index in [1.54, 1.807) is 0 Å². The van der Waals surface area contributed by atoms with Crippen LogP contribution in [0.15, 0.2) is 24.3 Å². The lowest BCUT2D eigenvalue weighted by Gasteiger charge is -2.16. The molecular weight excluding hydrogens is 220 g/mol. The van der Waals surface area contributed by atoms with Crippen molar-refractivity contribution in [3.05, 3.63) is 52.3 Å². The van der Waals surface area contributed by atoms with Crippen LogP contribution in [0.25, 0.3) is 5.69 Å². The number of para-hydroxylation sites is 1. The smallest absolute Gasteiger partial charge is 0.101 e. The summed E-state index contributed by atoms with van der Waals surface area (Å²) in [7, 11) is 0. The van der Waals surface area contributed by atoms with Gasteiger partial charge < -0.3 is 4.57 Å². The van der Waals surface area contributed by atoms with Gasteiger partial charge in [-0.3, -0.25) is 0 Å². The van der Waals surface area contributed by atoms with Crippen molar-refractivity contribution in [1.82, 2.24) is 4.57 Å². The van der Waals surface area contributed by atoms with E-state index in [0.29, 0.717) is 0 Å². The molecule has 0 bridgehead atoms. The standard InChI is InChI=1S/C16H18N2/c1-5-14-8-6-7-11(2)16(14)18-12(3)9-15(10-17)13(18)4/h6-9H,5H2,1-4H3. The normalized spacial score (nSPS) is 10.4. The van der Waals surface area contributed by atoms with Crippen molar-refractivity contribution in [1.29, 1.82) is 5.26 Å². The summed E-state index contributed by atoms with van der Waals surface area (Å²) in [5.74, 6) is 0. The van der Waals surface area contributed by atoms with Gasteiger partial charge >= 0.3 is 0 Å². The maximum atomic E-state index is 9.14. The number of nitriles is 1. The molecule has 0 aliphatic rings. The minimum Gasteiger partial charge on any atom is -0.317 e. The van der Waals surface area contributed by atoms with E-state index >= 15 is 0 Å². The van der Waals surface area contributed by atoms with E-state index in [1.165, 1.54) is 16.8 Å². The van der Waals surface area contributed by atoms with Gasteiger partial charge in [0.1, 0.15) is 6.07 Å². The molecule has 92 valence electrons. The number of hydrogen-bond acceptors (Lipinski definition) is 1. The Morgan fingerprint density at radius 2 is 1.94 bits per heavy atom. The number of rotatable bonds is 2. The maximum Gasteiger partial charge on any atom is 0.101 e. The highest BCUT2D eigenvalue weighted by Gasteiger charge is 2.14. The predicted octanol–water partition coefficient (Wildman–Crippen LogP) is 3.84. The molecule has 1 heterocycles. The first-order valence-electron chi connectivity index (χ1n) is 6.28. The molecule has 0 radical (unpaired) electrons. The molecule has 0 saturated carbocycles. The molecule has 0 fully saturated rings. The first-order valence-corrected chi connectivity index (χ1v) is 6.28. The van der Waals surface area contributed by atoms with E-state index in [9.17, 15) is 0 Å². The zero-order valence-corrected chi connectivity index (χ0v) is 11.4. The Morgan fingerprint density at radius 1 is 1.22 bits per heavy atom. The van der Waals surface area contributed by atoms with Gasteiger partial charge in [0, 0.05) is 11.4 Å². The summed E-state index contributed by atoms with van der Waals surface area (Å²) < 4.78 is 2.20. The van der Waals surface area contributed by atoms with Crippen LogP contribution in [0, 0.1) is 32.1 Å². The molecule has 0 atom stereocenters. The Labute approximate surface area is 108 Å². The first kappa shape index (κ1) is 12.4. The van der Waals surface area contributed by atoms with Crippen molar-refractivity contribution in [2.24, 2.45) is 0 Å². The second-order valence-electron chi connectivity index (χ2n) is 4.67. The number of aryl methyl sites for hydroxylation is 3. The van der Waals surface area contributed by atoms with E-state index in [1.807, 2.05) is 13.0 Å². The highest BCUT2D eigenvalue weighted by molar-refractivity contribution is 5.53. The minimum absolute atomic E-state index is 0.762. The lowest BCUT2D eigenvalue weighted by Crippen LogP contribution is -2.05. The van der Waals surface area contributed by atoms with E-state index in [4.69, 9.17) is 5.26 Å². The third-order valence-corrected chi connectivity index (χ3v) is 3.48. The largest absolute Gasteiger partial charge is 0.317 e. The monoisotopic (exact) mass is 238 g/mol. The van der Waals surface area contributed by atoms with Crippen molar-refractivity contribution in [2.75, 3.05) is 0 Å². The Kier molecular flexibility index (Phi) is 3.25. The SMILES string of the molecule is CCc1cccc(C)c1-n1c(C)cc(C#N)c1C. The summed E-state index contributed by atoms with van der Waals surface area (Å²) in [4.78, 5) is 0. The number of aromatic nitrogens is 1. The van der Waals surface area contributed by atoms with Crippen LogP contribution in [0.3, 0.4) is 0 Å². The molecule has 0 amide bonds. The molecule has 0 saturated heterocycles. The molecule has 0 unspecified atom stereocenters. The summed E-state index contributed by atoms with van der Waals surface area (Å²) in [6, 6.07) is 10.6.